The second kappa shape index (κ2) is 84.2. The maximum atomic E-state index is 4.89. The molecule has 8 heteroatoms. The Bertz CT molecular complexity index is 303. The van der Waals surface area contributed by atoms with E-state index in [4.69, 9.17) is 28.4 Å². The Kier molecular flexibility index (Phi) is 120. The normalized spacial score (nSPS) is 9.00. The molecule has 0 spiro atoms. The molecule has 0 bridgehead atoms. The summed E-state index contributed by atoms with van der Waals surface area (Å²) in [5.41, 5.74) is 0. The number of ether oxygens (including phenoxy) is 8. The average molecular weight is 649 g/mol. The van der Waals surface area contributed by atoms with Gasteiger partial charge in [0.25, 0.3) is 0 Å². The van der Waals surface area contributed by atoms with Gasteiger partial charge in [-0.05, 0) is 52.4 Å². The van der Waals surface area contributed by atoms with E-state index in [9.17, 15) is 0 Å². The summed E-state index contributed by atoms with van der Waals surface area (Å²) in [6.07, 6.45) is 12.9. The first-order valence-electron chi connectivity index (χ1n) is 16.9. The predicted molar refractivity (Wildman–Crippen MR) is 196 cm³/mol. The lowest BCUT2D eigenvalue weighted by Crippen LogP contribution is -1.96. The number of hydrogen-bond donors (Lipinski definition) is 0. The topological polar surface area (TPSA) is 73.8 Å². The van der Waals surface area contributed by atoms with Gasteiger partial charge in [-0.3, -0.25) is 0 Å². The van der Waals surface area contributed by atoms with E-state index >= 15 is 0 Å². The zero-order valence-corrected chi connectivity index (χ0v) is 33.7. The Labute approximate surface area is 279 Å². The summed E-state index contributed by atoms with van der Waals surface area (Å²) in [7, 11) is 15.3. The van der Waals surface area contributed by atoms with Gasteiger partial charge in [-0.15, -0.1) is 0 Å². The lowest BCUT2D eigenvalue weighted by atomic mass is 10.2. The summed E-state index contributed by atoms with van der Waals surface area (Å²) >= 11 is 0. The van der Waals surface area contributed by atoms with Crippen LogP contribution in [0.2, 0.25) is 0 Å². The quantitative estimate of drug-likeness (QED) is 0.136. The Morgan fingerprint density at radius 3 is 0.864 bits per heavy atom. The van der Waals surface area contributed by atoms with Crippen LogP contribution < -0.4 is 0 Å². The minimum Gasteiger partial charge on any atom is -0.388 e. The SMILES string of the molecule is CCCCCCOC.CCCCCOC.CCCCOC.CCCOC.CCOC.COC.COC(C)C.COCC(C)C. The Morgan fingerprint density at radius 2 is 0.705 bits per heavy atom. The van der Waals surface area contributed by atoms with Gasteiger partial charge >= 0.3 is 0 Å². The van der Waals surface area contributed by atoms with Gasteiger partial charge in [0.1, 0.15) is 0 Å². The van der Waals surface area contributed by atoms with Gasteiger partial charge in [-0.2, -0.15) is 0 Å². The third-order valence-corrected chi connectivity index (χ3v) is 4.52. The highest BCUT2D eigenvalue weighted by Crippen LogP contribution is 1.97. The maximum Gasteiger partial charge on any atom is 0.0515 e. The molecule has 0 fully saturated rings. The summed E-state index contributed by atoms with van der Waals surface area (Å²) in [6.45, 7) is 24.2. The van der Waals surface area contributed by atoms with Crippen LogP contribution in [0.1, 0.15) is 127 Å². The molecule has 0 saturated carbocycles. The third-order valence-electron chi connectivity index (χ3n) is 4.52. The van der Waals surface area contributed by atoms with E-state index in [0.29, 0.717) is 12.0 Å². The van der Waals surface area contributed by atoms with Gasteiger partial charge < -0.3 is 37.9 Å². The summed E-state index contributed by atoms with van der Waals surface area (Å²) in [4.78, 5) is 0. The molecule has 0 heterocycles. The van der Waals surface area contributed by atoms with Crippen LogP contribution in [0.25, 0.3) is 0 Å². The Hall–Kier alpha value is -0.320. The molecule has 0 aromatic heterocycles. The van der Waals surface area contributed by atoms with E-state index < -0.39 is 0 Å². The van der Waals surface area contributed by atoms with Crippen LogP contribution in [-0.4, -0.2) is 110 Å². The van der Waals surface area contributed by atoms with Gasteiger partial charge in [0.2, 0.25) is 0 Å². The Morgan fingerprint density at radius 1 is 0.386 bits per heavy atom. The van der Waals surface area contributed by atoms with Crippen LogP contribution in [0.15, 0.2) is 0 Å². The molecule has 280 valence electrons. The van der Waals surface area contributed by atoms with Gasteiger partial charge in [-0.25, -0.2) is 0 Å². The molecule has 0 rings (SSSR count). The van der Waals surface area contributed by atoms with Crippen LogP contribution in [0, 0.1) is 5.92 Å². The lowest BCUT2D eigenvalue weighted by molar-refractivity contribution is 0.134. The van der Waals surface area contributed by atoms with Crippen molar-refractivity contribution in [1.82, 2.24) is 0 Å². The van der Waals surface area contributed by atoms with Crippen molar-refractivity contribution in [3.8, 4) is 0 Å². The Balaban J connectivity index is -0.0000000569. The number of unbranched alkanes of at least 4 members (excludes halogenated alkanes) is 6. The fourth-order valence-corrected chi connectivity index (χ4v) is 2.00. The van der Waals surface area contributed by atoms with Crippen molar-refractivity contribution in [2.75, 3.05) is 104 Å². The molecule has 0 atom stereocenters. The van der Waals surface area contributed by atoms with Crippen molar-refractivity contribution < 1.29 is 37.9 Å². The van der Waals surface area contributed by atoms with E-state index in [-0.39, 0.29) is 0 Å². The van der Waals surface area contributed by atoms with E-state index in [1.54, 1.807) is 64.0 Å². The summed E-state index contributed by atoms with van der Waals surface area (Å²) < 4.78 is 37.6. The smallest absolute Gasteiger partial charge is 0.0515 e. The van der Waals surface area contributed by atoms with Gasteiger partial charge in [0.15, 0.2) is 0 Å². The van der Waals surface area contributed by atoms with Crippen molar-refractivity contribution in [3.05, 3.63) is 0 Å². The third kappa shape index (κ3) is 178. The minimum atomic E-state index is 0.384. The molecule has 0 aliphatic rings. The van der Waals surface area contributed by atoms with E-state index in [2.05, 4.69) is 51.0 Å². The van der Waals surface area contributed by atoms with Crippen molar-refractivity contribution in [3.63, 3.8) is 0 Å². The van der Waals surface area contributed by atoms with E-state index in [1.165, 1.54) is 57.8 Å². The largest absolute Gasteiger partial charge is 0.388 e. The monoisotopic (exact) mass is 649 g/mol. The summed E-state index contributed by atoms with van der Waals surface area (Å²) in [6, 6.07) is 0. The van der Waals surface area contributed by atoms with Crippen LogP contribution >= 0.6 is 0 Å². The van der Waals surface area contributed by atoms with Crippen LogP contribution in [-0.2, 0) is 37.9 Å². The highest BCUT2D eigenvalue weighted by atomic mass is 16.5. The summed E-state index contributed by atoms with van der Waals surface area (Å²) in [5.74, 6) is 0.676. The van der Waals surface area contributed by atoms with Crippen LogP contribution in [0.5, 0.6) is 0 Å². The molecular weight excluding hydrogens is 560 g/mol. The maximum absolute atomic E-state index is 4.89. The molecule has 0 radical (unpaired) electrons. The molecule has 0 amide bonds. The van der Waals surface area contributed by atoms with Crippen molar-refractivity contribution in [2.45, 2.75) is 133 Å². The van der Waals surface area contributed by atoms with Gasteiger partial charge in [-0.1, -0.05) is 80.1 Å². The lowest BCUT2D eigenvalue weighted by Gasteiger charge is -1.97. The first kappa shape index (κ1) is 62.5. The van der Waals surface area contributed by atoms with Crippen molar-refractivity contribution in [2.24, 2.45) is 5.92 Å². The molecule has 0 aromatic carbocycles. The fourth-order valence-electron chi connectivity index (χ4n) is 2.00. The molecule has 44 heavy (non-hydrogen) atoms. The second-order valence-electron chi connectivity index (χ2n) is 10.2. The second-order valence-corrected chi connectivity index (χ2v) is 10.2. The number of methoxy groups -OCH3 is 8. The molecule has 0 aliphatic heterocycles. The highest BCUT2D eigenvalue weighted by Gasteiger charge is 1.86. The molecule has 0 N–H and O–H groups in total. The predicted octanol–water partition coefficient (Wildman–Crippen LogP) is 9.76. The van der Waals surface area contributed by atoms with Gasteiger partial charge in [0.05, 0.1) is 6.10 Å². The van der Waals surface area contributed by atoms with Crippen molar-refractivity contribution in [1.29, 1.82) is 0 Å². The molecular formula is C36H88O8. The zero-order chi connectivity index (χ0) is 36.1. The molecule has 0 unspecified atom stereocenters. The molecule has 0 aliphatic carbocycles. The van der Waals surface area contributed by atoms with Crippen molar-refractivity contribution >= 4 is 0 Å². The fraction of sp³-hybridized carbons (Fsp3) is 1.00. The average Bonchev–Trinajstić information content (AvgIpc) is 3.01. The molecule has 8 nitrogen and oxygen atoms in total. The van der Waals surface area contributed by atoms with E-state index in [1.807, 2.05) is 20.8 Å². The highest BCUT2D eigenvalue weighted by molar-refractivity contribution is 4.37. The van der Waals surface area contributed by atoms with Crippen LogP contribution in [0.3, 0.4) is 0 Å². The zero-order valence-electron chi connectivity index (χ0n) is 33.7. The van der Waals surface area contributed by atoms with E-state index in [0.717, 1.165) is 46.1 Å². The number of hydrogen-bond acceptors (Lipinski definition) is 8. The van der Waals surface area contributed by atoms with Gasteiger partial charge in [0, 0.05) is 104 Å². The molecule has 0 aromatic rings. The standard InChI is InChI=1S/C7H16O.C6H14O.2C5H12O.2C4H10O.C3H8O.C2H6O/c1-3-4-5-6-7-8-2;1-3-4-5-6-7-2;1-5(2)4-6-3;1-3-4-5-6-2;1-4(2)5-3;1-3-4-5-2;1-3-4-2;1-3-2/h3-7H2,1-2H3;3-6H2,1-2H3;5H,4H2,1-3H3;3-5H2,1-2H3;4H,1-3H3;3-4H2,1-2H3;3H2,1-2H3;1-2H3. The van der Waals surface area contributed by atoms with Crippen LogP contribution in [0.4, 0.5) is 0 Å². The number of rotatable bonds is 18. The first-order valence-corrected chi connectivity index (χ1v) is 16.9. The molecule has 0 saturated heterocycles. The summed E-state index contributed by atoms with van der Waals surface area (Å²) in [5, 5.41) is 0. The minimum absolute atomic E-state index is 0.384. The first-order chi connectivity index (χ1) is 21.0.